The summed E-state index contributed by atoms with van der Waals surface area (Å²) in [7, 11) is 0. The van der Waals surface area contributed by atoms with Gasteiger partial charge in [-0.3, -0.25) is 4.79 Å². The van der Waals surface area contributed by atoms with Crippen molar-refractivity contribution in [2.45, 2.75) is 25.9 Å². The Bertz CT molecular complexity index is 392. The summed E-state index contributed by atoms with van der Waals surface area (Å²) >= 11 is 0. The van der Waals surface area contributed by atoms with Crippen molar-refractivity contribution in [3.63, 3.8) is 0 Å². The molecule has 0 radical (unpaired) electrons. The molecule has 0 aliphatic carbocycles. The molecular formula is C11H12FNO2. The van der Waals surface area contributed by atoms with Crippen molar-refractivity contribution in [1.29, 1.82) is 0 Å². The lowest BCUT2D eigenvalue weighted by Gasteiger charge is -2.13. The topological polar surface area (TPSA) is 38.3 Å². The molecule has 80 valence electrons. The van der Waals surface area contributed by atoms with E-state index < -0.39 is 0 Å². The standard InChI is InChI=1S/C11H12FNO2/c1-2-8-6-11(14)13-9-5-7(12)3-4-10(9)15-8/h3-5,8H,2,6H2,1H3,(H,13,14). The van der Waals surface area contributed by atoms with E-state index in [2.05, 4.69) is 5.32 Å². The van der Waals surface area contributed by atoms with Crippen LogP contribution in [-0.2, 0) is 4.79 Å². The molecule has 0 saturated carbocycles. The van der Waals surface area contributed by atoms with Crippen LogP contribution in [0.2, 0.25) is 0 Å². The molecule has 1 aliphatic heterocycles. The van der Waals surface area contributed by atoms with Crippen LogP contribution in [0.4, 0.5) is 10.1 Å². The number of anilines is 1. The Balaban J connectivity index is 2.36. The number of fused-ring (bicyclic) bond motifs is 1. The number of hydrogen-bond acceptors (Lipinski definition) is 2. The number of amides is 1. The predicted molar refractivity (Wildman–Crippen MR) is 54.4 cm³/mol. The third-order valence-corrected chi connectivity index (χ3v) is 2.38. The minimum absolute atomic E-state index is 0.128. The fraction of sp³-hybridized carbons (Fsp3) is 0.364. The molecule has 15 heavy (non-hydrogen) atoms. The van der Waals surface area contributed by atoms with Crippen LogP contribution >= 0.6 is 0 Å². The van der Waals surface area contributed by atoms with Crippen molar-refractivity contribution in [3.05, 3.63) is 24.0 Å². The monoisotopic (exact) mass is 209 g/mol. The van der Waals surface area contributed by atoms with Gasteiger partial charge in [-0.05, 0) is 18.6 Å². The summed E-state index contributed by atoms with van der Waals surface area (Å²) in [6.45, 7) is 1.95. The lowest BCUT2D eigenvalue weighted by atomic mass is 10.2. The lowest BCUT2D eigenvalue weighted by Crippen LogP contribution is -2.19. The van der Waals surface area contributed by atoms with Gasteiger partial charge in [0.1, 0.15) is 17.7 Å². The first-order valence-corrected chi connectivity index (χ1v) is 4.95. The summed E-state index contributed by atoms with van der Waals surface area (Å²) in [5.74, 6) is 0.0212. The van der Waals surface area contributed by atoms with E-state index in [1.54, 1.807) is 6.07 Å². The summed E-state index contributed by atoms with van der Waals surface area (Å²) in [4.78, 5) is 11.4. The normalized spacial score (nSPS) is 19.9. The molecule has 2 rings (SSSR count). The molecule has 0 bridgehead atoms. The number of carbonyl (C=O) groups excluding carboxylic acids is 1. The van der Waals surface area contributed by atoms with Crippen LogP contribution in [0.15, 0.2) is 18.2 Å². The quantitative estimate of drug-likeness (QED) is 0.770. The van der Waals surface area contributed by atoms with E-state index in [9.17, 15) is 9.18 Å². The van der Waals surface area contributed by atoms with Crippen molar-refractivity contribution in [2.75, 3.05) is 5.32 Å². The van der Waals surface area contributed by atoms with Gasteiger partial charge >= 0.3 is 0 Å². The SMILES string of the molecule is CCC1CC(=O)Nc2cc(F)ccc2O1. The van der Waals surface area contributed by atoms with Gasteiger partial charge in [0.05, 0.1) is 12.1 Å². The molecule has 1 amide bonds. The second-order valence-corrected chi connectivity index (χ2v) is 3.54. The molecule has 0 spiro atoms. The van der Waals surface area contributed by atoms with Crippen molar-refractivity contribution in [1.82, 2.24) is 0 Å². The number of nitrogens with one attached hydrogen (secondary N) is 1. The van der Waals surface area contributed by atoms with E-state index in [0.717, 1.165) is 6.42 Å². The maximum Gasteiger partial charge on any atom is 0.228 e. The fourth-order valence-electron chi connectivity index (χ4n) is 1.56. The van der Waals surface area contributed by atoms with E-state index in [-0.39, 0.29) is 17.8 Å². The van der Waals surface area contributed by atoms with E-state index in [0.29, 0.717) is 17.9 Å². The van der Waals surface area contributed by atoms with Gasteiger partial charge in [0.2, 0.25) is 5.91 Å². The second-order valence-electron chi connectivity index (χ2n) is 3.54. The van der Waals surface area contributed by atoms with E-state index >= 15 is 0 Å². The van der Waals surface area contributed by atoms with Crippen LogP contribution < -0.4 is 10.1 Å². The average molecular weight is 209 g/mol. The summed E-state index contributed by atoms with van der Waals surface area (Å²) in [5, 5.41) is 2.62. The van der Waals surface area contributed by atoms with E-state index in [1.165, 1.54) is 12.1 Å². The zero-order valence-corrected chi connectivity index (χ0v) is 8.42. The summed E-state index contributed by atoms with van der Waals surface area (Å²) in [6.07, 6.45) is 0.938. The van der Waals surface area contributed by atoms with Crippen molar-refractivity contribution < 1.29 is 13.9 Å². The van der Waals surface area contributed by atoms with Crippen LogP contribution in [0, 0.1) is 5.82 Å². The number of benzene rings is 1. The Hall–Kier alpha value is -1.58. The molecule has 1 aromatic rings. The third kappa shape index (κ3) is 2.09. The molecule has 0 aromatic heterocycles. The number of rotatable bonds is 1. The molecular weight excluding hydrogens is 197 g/mol. The molecule has 0 saturated heterocycles. The number of ether oxygens (including phenoxy) is 1. The Labute approximate surface area is 87.2 Å². The average Bonchev–Trinajstić information content (AvgIpc) is 2.35. The first-order valence-electron chi connectivity index (χ1n) is 4.95. The Kier molecular flexibility index (Phi) is 2.58. The van der Waals surface area contributed by atoms with Gasteiger partial charge in [0, 0.05) is 6.07 Å². The fourth-order valence-corrected chi connectivity index (χ4v) is 1.56. The minimum atomic E-state index is -0.382. The highest BCUT2D eigenvalue weighted by atomic mass is 19.1. The van der Waals surface area contributed by atoms with Crippen molar-refractivity contribution in [2.24, 2.45) is 0 Å². The van der Waals surface area contributed by atoms with Crippen molar-refractivity contribution >= 4 is 11.6 Å². The molecule has 3 nitrogen and oxygen atoms in total. The molecule has 1 atom stereocenters. The first-order chi connectivity index (χ1) is 7.19. The van der Waals surface area contributed by atoms with Crippen LogP contribution in [0.3, 0.4) is 0 Å². The Morgan fingerprint density at radius 3 is 3.13 bits per heavy atom. The van der Waals surface area contributed by atoms with Crippen LogP contribution in [-0.4, -0.2) is 12.0 Å². The van der Waals surface area contributed by atoms with Crippen molar-refractivity contribution in [3.8, 4) is 5.75 Å². The summed E-state index contributed by atoms with van der Waals surface area (Å²) in [6, 6.07) is 4.13. The minimum Gasteiger partial charge on any atom is -0.488 e. The maximum atomic E-state index is 12.9. The van der Waals surface area contributed by atoms with Crippen LogP contribution in [0.1, 0.15) is 19.8 Å². The first kappa shape index (κ1) is 9.96. The maximum absolute atomic E-state index is 12.9. The predicted octanol–water partition coefficient (Wildman–Crippen LogP) is 2.33. The molecule has 0 fully saturated rings. The number of carbonyl (C=O) groups is 1. The summed E-state index contributed by atoms with van der Waals surface area (Å²) < 4.78 is 18.5. The molecule has 1 N–H and O–H groups in total. The van der Waals surface area contributed by atoms with E-state index in [1.807, 2.05) is 6.92 Å². The molecule has 1 aromatic carbocycles. The molecule has 1 heterocycles. The van der Waals surface area contributed by atoms with Gasteiger partial charge in [-0.2, -0.15) is 0 Å². The Morgan fingerprint density at radius 1 is 1.60 bits per heavy atom. The Morgan fingerprint density at radius 2 is 2.40 bits per heavy atom. The number of halogens is 1. The third-order valence-electron chi connectivity index (χ3n) is 2.38. The smallest absolute Gasteiger partial charge is 0.228 e. The second kappa shape index (κ2) is 3.88. The highest BCUT2D eigenvalue weighted by Gasteiger charge is 2.21. The zero-order chi connectivity index (χ0) is 10.8. The van der Waals surface area contributed by atoms with Gasteiger partial charge in [-0.25, -0.2) is 4.39 Å². The van der Waals surface area contributed by atoms with Gasteiger partial charge in [0.15, 0.2) is 0 Å². The largest absolute Gasteiger partial charge is 0.488 e. The summed E-state index contributed by atoms with van der Waals surface area (Å²) in [5.41, 5.74) is 0.413. The van der Waals surface area contributed by atoms with Gasteiger partial charge in [-0.15, -0.1) is 0 Å². The molecule has 1 aliphatic rings. The number of hydrogen-bond donors (Lipinski definition) is 1. The van der Waals surface area contributed by atoms with Gasteiger partial charge < -0.3 is 10.1 Å². The highest BCUT2D eigenvalue weighted by molar-refractivity contribution is 5.93. The molecule has 1 unspecified atom stereocenters. The highest BCUT2D eigenvalue weighted by Crippen LogP contribution is 2.30. The van der Waals surface area contributed by atoms with E-state index in [4.69, 9.17) is 4.74 Å². The van der Waals surface area contributed by atoms with Gasteiger partial charge in [0.25, 0.3) is 0 Å². The van der Waals surface area contributed by atoms with Crippen LogP contribution in [0.5, 0.6) is 5.75 Å². The lowest BCUT2D eigenvalue weighted by molar-refractivity contribution is -0.117. The van der Waals surface area contributed by atoms with Gasteiger partial charge in [-0.1, -0.05) is 6.92 Å². The molecule has 4 heteroatoms. The zero-order valence-electron chi connectivity index (χ0n) is 8.42. The van der Waals surface area contributed by atoms with Crippen LogP contribution in [0.25, 0.3) is 0 Å².